The number of benzene rings is 1. The van der Waals surface area contributed by atoms with Crippen molar-refractivity contribution in [2.24, 2.45) is 0 Å². The highest BCUT2D eigenvalue weighted by Crippen LogP contribution is 2.39. The first-order chi connectivity index (χ1) is 12.6. The normalized spacial score (nSPS) is 16.3. The Morgan fingerprint density at radius 3 is 2.77 bits per heavy atom. The summed E-state index contributed by atoms with van der Waals surface area (Å²) in [5, 5.41) is 15.3. The van der Waals surface area contributed by atoms with Gasteiger partial charge in [-0.15, -0.1) is 22.7 Å². The number of nitrogens with zero attached hydrogens (tertiary/aromatic N) is 2. The second kappa shape index (κ2) is 7.01. The van der Waals surface area contributed by atoms with Crippen molar-refractivity contribution in [3.63, 3.8) is 0 Å². The number of para-hydroxylation sites is 1. The molecule has 0 spiro atoms. The highest BCUT2D eigenvalue weighted by molar-refractivity contribution is 7.10. The van der Waals surface area contributed by atoms with Crippen molar-refractivity contribution in [3.8, 4) is 0 Å². The Bertz CT molecular complexity index is 949. The molecule has 0 radical (unpaired) electrons. The quantitative estimate of drug-likeness (QED) is 0.494. The maximum Gasteiger partial charge on any atom is 0.273 e. The lowest BCUT2D eigenvalue weighted by molar-refractivity contribution is -0.385. The van der Waals surface area contributed by atoms with Crippen LogP contribution in [0.4, 0.5) is 5.69 Å². The van der Waals surface area contributed by atoms with E-state index in [4.69, 9.17) is 0 Å². The summed E-state index contributed by atoms with van der Waals surface area (Å²) in [6.07, 6.45) is 0.871. The van der Waals surface area contributed by atoms with Gasteiger partial charge in [0.15, 0.2) is 0 Å². The molecule has 1 aromatic carbocycles. The molecule has 4 rings (SSSR count). The summed E-state index contributed by atoms with van der Waals surface area (Å²) in [6, 6.07) is 12.5. The van der Waals surface area contributed by atoms with Crippen LogP contribution in [0.3, 0.4) is 0 Å². The Morgan fingerprint density at radius 2 is 2.00 bits per heavy atom. The summed E-state index contributed by atoms with van der Waals surface area (Å²) in [6.45, 7) is 0.634. The third-order valence-electron chi connectivity index (χ3n) is 4.63. The third kappa shape index (κ3) is 3.04. The van der Waals surface area contributed by atoms with Crippen LogP contribution < -0.4 is 0 Å². The van der Waals surface area contributed by atoms with Crippen molar-refractivity contribution in [1.82, 2.24) is 4.90 Å². The van der Waals surface area contributed by atoms with Gasteiger partial charge in [0.05, 0.1) is 17.4 Å². The number of carbonyl (C=O) groups is 1. The van der Waals surface area contributed by atoms with Crippen LogP contribution in [-0.2, 0) is 17.6 Å². The number of hydrogen-bond donors (Lipinski definition) is 0. The van der Waals surface area contributed by atoms with Gasteiger partial charge in [-0.2, -0.15) is 0 Å². The topological polar surface area (TPSA) is 63.4 Å². The van der Waals surface area contributed by atoms with Crippen LogP contribution >= 0.6 is 22.7 Å². The molecule has 1 atom stereocenters. The minimum absolute atomic E-state index is 0.00163. The van der Waals surface area contributed by atoms with Crippen molar-refractivity contribution in [2.45, 2.75) is 18.9 Å². The Hall–Kier alpha value is -2.51. The second-order valence-corrected chi connectivity index (χ2v) is 8.10. The molecule has 0 aliphatic carbocycles. The van der Waals surface area contributed by atoms with E-state index in [9.17, 15) is 14.9 Å². The zero-order chi connectivity index (χ0) is 18.1. The predicted molar refractivity (Wildman–Crippen MR) is 103 cm³/mol. The number of amides is 1. The second-order valence-electron chi connectivity index (χ2n) is 6.12. The molecule has 1 aliphatic rings. The van der Waals surface area contributed by atoms with Crippen molar-refractivity contribution in [2.75, 3.05) is 6.54 Å². The Kier molecular flexibility index (Phi) is 4.57. The number of rotatable bonds is 4. The molecule has 3 aromatic rings. The molecule has 5 nitrogen and oxygen atoms in total. The third-order valence-corrected chi connectivity index (χ3v) is 6.55. The predicted octanol–water partition coefficient (Wildman–Crippen LogP) is 4.43. The average Bonchev–Trinajstić information content (AvgIpc) is 3.32. The van der Waals surface area contributed by atoms with Gasteiger partial charge in [-0.3, -0.25) is 14.9 Å². The van der Waals surface area contributed by atoms with E-state index in [1.165, 1.54) is 16.5 Å². The molecular formula is C19H16N2O3S2. The van der Waals surface area contributed by atoms with E-state index in [2.05, 4.69) is 11.4 Å². The van der Waals surface area contributed by atoms with E-state index < -0.39 is 4.92 Å². The van der Waals surface area contributed by atoms with Crippen molar-refractivity contribution < 1.29 is 9.72 Å². The minimum Gasteiger partial charge on any atom is -0.330 e. The molecule has 1 unspecified atom stereocenters. The van der Waals surface area contributed by atoms with Crippen LogP contribution in [-0.4, -0.2) is 22.3 Å². The fourth-order valence-electron chi connectivity index (χ4n) is 3.44. The standard InChI is InChI=1S/C19H16N2O3S2/c22-18(12-13-4-1-2-5-15(13)21(23)24)20-9-7-16-14(8-11-26-16)19(20)17-6-3-10-25-17/h1-6,8,10-11,19H,7,9,12H2. The zero-order valence-corrected chi connectivity index (χ0v) is 15.5. The summed E-state index contributed by atoms with van der Waals surface area (Å²) in [5.41, 5.74) is 1.64. The molecular weight excluding hydrogens is 368 g/mol. The SMILES string of the molecule is O=C(Cc1ccccc1[N+](=O)[O-])N1CCc2sccc2C1c1cccs1. The Labute approximate surface area is 158 Å². The molecule has 0 saturated heterocycles. The monoisotopic (exact) mass is 384 g/mol. The van der Waals surface area contributed by atoms with Crippen LogP contribution in [0, 0.1) is 10.1 Å². The van der Waals surface area contributed by atoms with E-state index in [1.807, 2.05) is 22.4 Å². The highest BCUT2D eigenvalue weighted by Gasteiger charge is 2.33. The van der Waals surface area contributed by atoms with Gasteiger partial charge in [-0.1, -0.05) is 24.3 Å². The molecule has 0 N–H and O–H groups in total. The van der Waals surface area contributed by atoms with Gasteiger partial charge in [0.2, 0.25) is 5.91 Å². The maximum atomic E-state index is 13.1. The van der Waals surface area contributed by atoms with E-state index in [1.54, 1.807) is 40.9 Å². The molecule has 1 aliphatic heterocycles. The summed E-state index contributed by atoms with van der Waals surface area (Å²) >= 11 is 3.36. The highest BCUT2D eigenvalue weighted by atomic mass is 32.1. The number of thiophene rings is 2. The smallest absolute Gasteiger partial charge is 0.273 e. The Balaban J connectivity index is 1.66. The van der Waals surface area contributed by atoms with E-state index in [0.717, 1.165) is 11.3 Å². The van der Waals surface area contributed by atoms with Crippen molar-refractivity contribution in [3.05, 3.63) is 84.2 Å². The number of nitro groups is 1. The summed E-state index contributed by atoms with van der Waals surface area (Å²) in [4.78, 5) is 28.2. The molecule has 0 saturated carbocycles. The summed E-state index contributed by atoms with van der Waals surface area (Å²) in [5.74, 6) is -0.0745. The van der Waals surface area contributed by atoms with Crippen LogP contribution in [0.25, 0.3) is 0 Å². The lowest BCUT2D eigenvalue weighted by Gasteiger charge is -2.35. The number of hydrogen-bond acceptors (Lipinski definition) is 5. The van der Waals surface area contributed by atoms with Crippen LogP contribution in [0.1, 0.15) is 26.9 Å². The largest absolute Gasteiger partial charge is 0.330 e. The van der Waals surface area contributed by atoms with Crippen LogP contribution in [0.15, 0.2) is 53.2 Å². The molecule has 132 valence electrons. The fraction of sp³-hybridized carbons (Fsp3) is 0.211. The summed E-state index contributed by atoms with van der Waals surface area (Å²) < 4.78 is 0. The molecule has 1 amide bonds. The Morgan fingerprint density at radius 1 is 1.15 bits per heavy atom. The first kappa shape index (κ1) is 16.9. The van der Waals surface area contributed by atoms with Gasteiger partial charge in [0, 0.05) is 27.9 Å². The van der Waals surface area contributed by atoms with Gasteiger partial charge in [0.25, 0.3) is 5.69 Å². The molecule has 0 bridgehead atoms. The van der Waals surface area contributed by atoms with Crippen LogP contribution in [0.5, 0.6) is 0 Å². The first-order valence-corrected chi connectivity index (χ1v) is 10.0. The van der Waals surface area contributed by atoms with E-state index >= 15 is 0 Å². The molecule has 3 heterocycles. The van der Waals surface area contributed by atoms with Gasteiger partial charge in [0.1, 0.15) is 0 Å². The van der Waals surface area contributed by atoms with E-state index in [0.29, 0.717) is 12.1 Å². The lowest BCUT2D eigenvalue weighted by Crippen LogP contribution is -2.40. The van der Waals surface area contributed by atoms with Gasteiger partial charge in [-0.05, 0) is 34.9 Å². The van der Waals surface area contributed by atoms with Crippen molar-refractivity contribution >= 4 is 34.3 Å². The molecule has 7 heteroatoms. The minimum atomic E-state index is -0.424. The van der Waals surface area contributed by atoms with Crippen molar-refractivity contribution in [1.29, 1.82) is 0 Å². The number of fused-ring (bicyclic) bond motifs is 1. The number of nitro benzene ring substituents is 1. The van der Waals surface area contributed by atoms with Gasteiger partial charge in [-0.25, -0.2) is 0 Å². The molecule has 2 aromatic heterocycles. The van der Waals surface area contributed by atoms with Gasteiger partial charge >= 0.3 is 0 Å². The molecule has 26 heavy (non-hydrogen) atoms. The maximum absolute atomic E-state index is 13.1. The first-order valence-electron chi connectivity index (χ1n) is 8.26. The summed E-state index contributed by atoms with van der Waals surface area (Å²) in [7, 11) is 0. The number of carbonyl (C=O) groups excluding carboxylic acids is 1. The van der Waals surface area contributed by atoms with E-state index in [-0.39, 0.29) is 24.1 Å². The lowest BCUT2D eigenvalue weighted by atomic mass is 9.97. The fourth-order valence-corrected chi connectivity index (χ4v) is 5.20. The van der Waals surface area contributed by atoms with Gasteiger partial charge < -0.3 is 4.90 Å². The average molecular weight is 384 g/mol. The van der Waals surface area contributed by atoms with Crippen LogP contribution in [0.2, 0.25) is 0 Å². The molecule has 0 fully saturated rings. The zero-order valence-electron chi connectivity index (χ0n) is 13.8.